The van der Waals surface area contributed by atoms with Gasteiger partial charge in [-0.25, -0.2) is 0 Å². The standard InChI is InChI=1S/C28H50NO3/c1-19(10-12-29(4)13-15-32-16-14-29)23-7-8-24-22-6-5-20-17-21(30)9-11-27(20,2)25(22)18-26(31)28(23,24)3/h19-26,30-31H,5-18H2,1-4H3/q+1/t19-,20-,21-,22+,23-,24+,25+,26+,27+,28-/m1/s1. The molecule has 0 bridgehead atoms. The summed E-state index contributed by atoms with van der Waals surface area (Å²) in [4.78, 5) is 0. The Hall–Kier alpha value is -0.160. The van der Waals surface area contributed by atoms with Gasteiger partial charge < -0.3 is 19.4 Å². The highest BCUT2D eigenvalue weighted by Gasteiger charge is 2.63. The predicted molar refractivity (Wildman–Crippen MR) is 128 cm³/mol. The van der Waals surface area contributed by atoms with E-state index in [1.807, 2.05) is 0 Å². The molecule has 0 aromatic heterocycles. The summed E-state index contributed by atoms with van der Waals surface area (Å²) < 4.78 is 6.77. The van der Waals surface area contributed by atoms with Gasteiger partial charge in [0.1, 0.15) is 13.1 Å². The maximum absolute atomic E-state index is 11.8. The summed E-state index contributed by atoms with van der Waals surface area (Å²) >= 11 is 0. The van der Waals surface area contributed by atoms with Crippen molar-refractivity contribution in [3.63, 3.8) is 0 Å². The summed E-state index contributed by atoms with van der Waals surface area (Å²) in [6.45, 7) is 12.9. The maximum Gasteiger partial charge on any atom is 0.102 e. The molecule has 0 unspecified atom stereocenters. The van der Waals surface area contributed by atoms with E-state index in [0.29, 0.717) is 35.0 Å². The predicted octanol–water partition coefficient (Wildman–Crippen LogP) is 4.48. The number of fused-ring (bicyclic) bond motifs is 5. The van der Waals surface area contributed by atoms with Gasteiger partial charge in [0.25, 0.3) is 0 Å². The van der Waals surface area contributed by atoms with Crippen LogP contribution in [0.1, 0.15) is 78.6 Å². The van der Waals surface area contributed by atoms with E-state index in [4.69, 9.17) is 4.74 Å². The molecule has 1 aliphatic heterocycles. The summed E-state index contributed by atoms with van der Waals surface area (Å²) in [5.41, 5.74) is 0.435. The highest BCUT2D eigenvalue weighted by molar-refractivity contribution is 5.12. The van der Waals surface area contributed by atoms with Crippen molar-refractivity contribution in [3.8, 4) is 0 Å². The number of aliphatic hydroxyl groups is 2. The normalized spacial score (nSPS) is 51.4. The van der Waals surface area contributed by atoms with Crippen LogP contribution in [0.15, 0.2) is 0 Å². The molecule has 2 N–H and O–H groups in total. The molecule has 0 amide bonds. The van der Waals surface area contributed by atoms with Gasteiger partial charge in [-0.2, -0.15) is 0 Å². The van der Waals surface area contributed by atoms with Crippen molar-refractivity contribution in [2.24, 2.45) is 46.3 Å². The smallest absolute Gasteiger partial charge is 0.102 e. The van der Waals surface area contributed by atoms with Crippen molar-refractivity contribution in [1.82, 2.24) is 0 Å². The van der Waals surface area contributed by atoms with Crippen LogP contribution in [0.2, 0.25) is 0 Å². The van der Waals surface area contributed by atoms with Gasteiger partial charge in [-0.05, 0) is 104 Å². The van der Waals surface area contributed by atoms with E-state index in [0.717, 1.165) is 62.4 Å². The quantitative estimate of drug-likeness (QED) is 0.624. The van der Waals surface area contributed by atoms with Crippen molar-refractivity contribution in [2.45, 2.75) is 90.8 Å². The van der Waals surface area contributed by atoms with Crippen LogP contribution in [-0.2, 0) is 4.74 Å². The minimum Gasteiger partial charge on any atom is -0.393 e. The minimum absolute atomic E-state index is 0.0869. The Bertz CT molecular complexity index is 678. The number of rotatable bonds is 4. The van der Waals surface area contributed by atoms with Crippen molar-refractivity contribution < 1.29 is 19.4 Å². The lowest BCUT2D eigenvalue weighted by molar-refractivity contribution is -0.917. The van der Waals surface area contributed by atoms with Gasteiger partial charge in [0, 0.05) is 0 Å². The molecule has 0 radical (unpaired) electrons. The molecule has 5 fully saturated rings. The average molecular weight is 449 g/mol. The van der Waals surface area contributed by atoms with E-state index in [2.05, 4.69) is 27.8 Å². The Morgan fingerprint density at radius 3 is 2.47 bits per heavy atom. The highest BCUT2D eigenvalue weighted by Crippen LogP contribution is 2.68. The molecule has 10 atom stereocenters. The molecule has 1 saturated heterocycles. The largest absolute Gasteiger partial charge is 0.393 e. The molecular weight excluding hydrogens is 398 g/mol. The van der Waals surface area contributed by atoms with Gasteiger partial charge in [-0.1, -0.05) is 20.8 Å². The first-order valence-electron chi connectivity index (χ1n) is 13.9. The van der Waals surface area contributed by atoms with E-state index >= 15 is 0 Å². The topological polar surface area (TPSA) is 49.7 Å². The molecule has 1 heterocycles. The van der Waals surface area contributed by atoms with Crippen LogP contribution >= 0.6 is 0 Å². The lowest BCUT2D eigenvalue weighted by Gasteiger charge is -2.62. The van der Waals surface area contributed by atoms with Crippen LogP contribution in [0.3, 0.4) is 0 Å². The fourth-order valence-electron chi connectivity index (χ4n) is 9.88. The number of ether oxygens (including phenoxy) is 1. The first-order valence-corrected chi connectivity index (χ1v) is 13.9. The Morgan fingerprint density at radius 1 is 0.969 bits per heavy atom. The first kappa shape index (κ1) is 23.6. The third-order valence-electron chi connectivity index (χ3n) is 12.2. The Morgan fingerprint density at radius 2 is 1.72 bits per heavy atom. The molecule has 32 heavy (non-hydrogen) atoms. The maximum atomic E-state index is 11.8. The van der Waals surface area contributed by atoms with E-state index in [9.17, 15) is 10.2 Å². The van der Waals surface area contributed by atoms with Gasteiger partial charge in [0.15, 0.2) is 0 Å². The molecule has 4 nitrogen and oxygen atoms in total. The zero-order valence-electron chi connectivity index (χ0n) is 21.3. The van der Waals surface area contributed by atoms with E-state index in [1.165, 1.54) is 38.6 Å². The van der Waals surface area contributed by atoms with Crippen LogP contribution in [0.25, 0.3) is 0 Å². The van der Waals surface area contributed by atoms with Crippen molar-refractivity contribution >= 4 is 0 Å². The zero-order valence-corrected chi connectivity index (χ0v) is 21.3. The summed E-state index contributed by atoms with van der Waals surface area (Å²) in [6.07, 6.45) is 10.5. The molecule has 5 aliphatic rings. The minimum atomic E-state index is -0.153. The molecule has 4 heteroatoms. The van der Waals surface area contributed by atoms with Crippen LogP contribution in [0.4, 0.5) is 0 Å². The van der Waals surface area contributed by atoms with Gasteiger partial charge in [0.05, 0.1) is 39.0 Å². The van der Waals surface area contributed by atoms with Gasteiger partial charge in [-0.15, -0.1) is 0 Å². The van der Waals surface area contributed by atoms with E-state index < -0.39 is 0 Å². The van der Waals surface area contributed by atoms with Crippen molar-refractivity contribution in [3.05, 3.63) is 0 Å². The fourth-order valence-corrected chi connectivity index (χ4v) is 9.88. The summed E-state index contributed by atoms with van der Waals surface area (Å²) in [5, 5.41) is 22.1. The zero-order chi connectivity index (χ0) is 22.7. The van der Waals surface area contributed by atoms with Gasteiger partial charge in [0.2, 0.25) is 0 Å². The first-order chi connectivity index (χ1) is 15.2. The SMILES string of the molecule is C[C@H](CC[N+]1(C)CCOCC1)[C@H]1CC[C@H]2[C@@H]3CC[C@@H]4C[C@H](O)CC[C@]4(C)[C@H]3C[C@H](O)[C@]12C. The number of hydrogen-bond donors (Lipinski definition) is 2. The fraction of sp³-hybridized carbons (Fsp3) is 1.00. The van der Waals surface area contributed by atoms with Crippen LogP contribution in [0.5, 0.6) is 0 Å². The molecular formula is C28H50NO3+. The second kappa shape index (κ2) is 8.50. The number of likely N-dealkylation sites (N-methyl/N-ethyl adjacent to an activating group) is 1. The Kier molecular flexibility index (Phi) is 6.26. The second-order valence-electron chi connectivity index (χ2n) is 13.6. The molecule has 4 saturated carbocycles. The van der Waals surface area contributed by atoms with Crippen LogP contribution < -0.4 is 0 Å². The van der Waals surface area contributed by atoms with Gasteiger partial charge in [-0.3, -0.25) is 0 Å². The summed E-state index contributed by atoms with van der Waals surface area (Å²) in [7, 11) is 2.41. The number of hydrogen-bond acceptors (Lipinski definition) is 3. The van der Waals surface area contributed by atoms with Crippen LogP contribution in [0, 0.1) is 46.3 Å². The molecule has 5 rings (SSSR count). The molecule has 0 aromatic rings. The van der Waals surface area contributed by atoms with Crippen LogP contribution in [-0.4, -0.2) is 66.8 Å². The van der Waals surface area contributed by atoms with Crippen molar-refractivity contribution in [1.29, 1.82) is 0 Å². The number of morpholine rings is 1. The average Bonchev–Trinajstić information content (AvgIpc) is 3.13. The molecule has 0 aromatic carbocycles. The third-order valence-corrected chi connectivity index (χ3v) is 12.2. The molecule has 184 valence electrons. The lowest BCUT2D eigenvalue weighted by atomic mass is 9.43. The lowest BCUT2D eigenvalue weighted by Crippen LogP contribution is -2.59. The van der Waals surface area contributed by atoms with Gasteiger partial charge >= 0.3 is 0 Å². The number of aliphatic hydroxyl groups excluding tert-OH is 2. The summed E-state index contributed by atoms with van der Waals surface area (Å²) in [5.74, 6) is 4.16. The third kappa shape index (κ3) is 3.71. The molecule has 0 spiro atoms. The van der Waals surface area contributed by atoms with E-state index in [-0.39, 0.29) is 17.6 Å². The molecule has 4 aliphatic carbocycles. The van der Waals surface area contributed by atoms with E-state index in [1.54, 1.807) is 0 Å². The number of nitrogens with zero attached hydrogens (tertiary/aromatic N) is 1. The van der Waals surface area contributed by atoms with Crippen molar-refractivity contribution in [2.75, 3.05) is 39.9 Å². The number of quaternary nitrogens is 1. The second-order valence-corrected chi connectivity index (χ2v) is 13.6. The Labute approximate surface area is 196 Å². The Balaban J connectivity index is 1.31. The highest BCUT2D eigenvalue weighted by atomic mass is 16.5. The monoisotopic (exact) mass is 448 g/mol. The summed E-state index contributed by atoms with van der Waals surface area (Å²) in [6, 6.07) is 0.